The van der Waals surface area contributed by atoms with Crippen LogP contribution in [0.4, 0.5) is 0 Å². The molecule has 0 spiro atoms. The Balaban J connectivity index is 2.44. The molecule has 3 nitrogen and oxygen atoms in total. The smallest absolute Gasteiger partial charge is 0.0994 e. The number of aromatic nitrogens is 2. The first-order valence-corrected chi connectivity index (χ1v) is 5.15. The molecule has 0 aliphatic rings. The molecule has 0 aliphatic carbocycles. The molecule has 0 amide bonds. The second-order valence-corrected chi connectivity index (χ2v) is 3.48. The molecule has 0 fully saturated rings. The van der Waals surface area contributed by atoms with Gasteiger partial charge in [-0.05, 0) is 24.1 Å². The van der Waals surface area contributed by atoms with E-state index in [0.717, 1.165) is 17.7 Å². The summed E-state index contributed by atoms with van der Waals surface area (Å²) in [6.45, 7) is 2.70. The monoisotopic (exact) mass is 201 g/mol. The van der Waals surface area contributed by atoms with Crippen molar-refractivity contribution in [3.8, 4) is 5.69 Å². The number of imidazole rings is 1. The maximum atomic E-state index is 5.62. The summed E-state index contributed by atoms with van der Waals surface area (Å²) < 4.78 is 2.10. The molecule has 0 saturated carbocycles. The Morgan fingerprint density at radius 2 is 2.27 bits per heavy atom. The molecule has 1 aromatic carbocycles. The highest BCUT2D eigenvalue weighted by Gasteiger charge is 2.02. The van der Waals surface area contributed by atoms with Crippen LogP contribution in [0, 0.1) is 0 Å². The Hall–Kier alpha value is -1.61. The van der Waals surface area contributed by atoms with Gasteiger partial charge in [0, 0.05) is 24.1 Å². The van der Waals surface area contributed by atoms with Crippen LogP contribution in [0.5, 0.6) is 0 Å². The van der Waals surface area contributed by atoms with Crippen LogP contribution in [0.3, 0.4) is 0 Å². The van der Waals surface area contributed by atoms with Gasteiger partial charge >= 0.3 is 0 Å². The van der Waals surface area contributed by atoms with Crippen molar-refractivity contribution in [2.75, 3.05) is 0 Å². The standard InChI is InChI=1S/C12H15N3/c1-2-11-8-14-9-15(11)12-5-3-4-10(6-12)7-13/h3-6,8-9H,2,7,13H2,1H3. The molecule has 0 aliphatic heterocycles. The number of hydrogen-bond acceptors (Lipinski definition) is 2. The third-order valence-electron chi connectivity index (χ3n) is 2.50. The largest absolute Gasteiger partial charge is 0.326 e. The van der Waals surface area contributed by atoms with Crippen molar-refractivity contribution in [1.29, 1.82) is 0 Å². The van der Waals surface area contributed by atoms with E-state index in [2.05, 4.69) is 28.6 Å². The van der Waals surface area contributed by atoms with Gasteiger partial charge in [0.1, 0.15) is 0 Å². The maximum Gasteiger partial charge on any atom is 0.0994 e. The van der Waals surface area contributed by atoms with E-state index in [1.54, 1.807) is 0 Å². The zero-order valence-electron chi connectivity index (χ0n) is 8.85. The molecule has 0 radical (unpaired) electrons. The maximum absolute atomic E-state index is 5.62. The van der Waals surface area contributed by atoms with E-state index >= 15 is 0 Å². The van der Waals surface area contributed by atoms with Crippen LogP contribution >= 0.6 is 0 Å². The van der Waals surface area contributed by atoms with Crippen LogP contribution in [0.1, 0.15) is 18.2 Å². The van der Waals surface area contributed by atoms with E-state index in [-0.39, 0.29) is 0 Å². The minimum absolute atomic E-state index is 0.573. The SMILES string of the molecule is CCc1cncn1-c1cccc(CN)c1. The quantitative estimate of drug-likeness (QED) is 0.824. The second-order valence-electron chi connectivity index (χ2n) is 3.48. The lowest BCUT2D eigenvalue weighted by Crippen LogP contribution is -2.01. The molecule has 15 heavy (non-hydrogen) atoms. The first-order valence-electron chi connectivity index (χ1n) is 5.15. The van der Waals surface area contributed by atoms with Gasteiger partial charge in [0.05, 0.1) is 6.33 Å². The van der Waals surface area contributed by atoms with Gasteiger partial charge in [-0.2, -0.15) is 0 Å². The molecule has 2 N–H and O–H groups in total. The molecule has 0 saturated heterocycles. The summed E-state index contributed by atoms with van der Waals surface area (Å²) in [5.41, 5.74) is 9.10. The van der Waals surface area contributed by atoms with Gasteiger partial charge < -0.3 is 10.3 Å². The van der Waals surface area contributed by atoms with Crippen LogP contribution in [0.15, 0.2) is 36.8 Å². The zero-order chi connectivity index (χ0) is 10.7. The minimum atomic E-state index is 0.573. The van der Waals surface area contributed by atoms with E-state index in [1.165, 1.54) is 5.69 Å². The lowest BCUT2D eigenvalue weighted by Gasteiger charge is -2.07. The van der Waals surface area contributed by atoms with Gasteiger partial charge in [-0.1, -0.05) is 19.1 Å². The average Bonchev–Trinajstić information content (AvgIpc) is 2.77. The van der Waals surface area contributed by atoms with Crippen molar-refractivity contribution in [2.45, 2.75) is 19.9 Å². The molecule has 2 aromatic rings. The van der Waals surface area contributed by atoms with Gasteiger partial charge in [-0.25, -0.2) is 4.98 Å². The summed E-state index contributed by atoms with van der Waals surface area (Å²) in [6, 6.07) is 8.23. The second kappa shape index (κ2) is 4.28. The number of rotatable bonds is 3. The summed E-state index contributed by atoms with van der Waals surface area (Å²) in [4.78, 5) is 4.16. The fourth-order valence-corrected chi connectivity index (χ4v) is 1.65. The molecule has 3 heteroatoms. The Kier molecular flexibility index (Phi) is 2.83. The molecular weight excluding hydrogens is 186 g/mol. The topological polar surface area (TPSA) is 43.8 Å². The number of benzene rings is 1. The molecule has 0 bridgehead atoms. The van der Waals surface area contributed by atoms with Gasteiger partial charge in [0.15, 0.2) is 0 Å². The van der Waals surface area contributed by atoms with Gasteiger partial charge in [-0.3, -0.25) is 0 Å². The summed E-state index contributed by atoms with van der Waals surface area (Å²) in [5, 5.41) is 0. The first-order chi connectivity index (χ1) is 7.35. The van der Waals surface area contributed by atoms with E-state index in [4.69, 9.17) is 5.73 Å². The van der Waals surface area contributed by atoms with Crippen LogP contribution in [-0.4, -0.2) is 9.55 Å². The highest BCUT2D eigenvalue weighted by Crippen LogP contribution is 2.13. The lowest BCUT2D eigenvalue weighted by molar-refractivity contribution is 0.928. The van der Waals surface area contributed by atoms with E-state index < -0.39 is 0 Å². The molecule has 2 rings (SSSR count). The molecule has 1 aromatic heterocycles. The van der Waals surface area contributed by atoms with E-state index in [1.807, 2.05) is 24.7 Å². The third kappa shape index (κ3) is 1.92. The van der Waals surface area contributed by atoms with Gasteiger partial charge in [0.25, 0.3) is 0 Å². The third-order valence-corrected chi connectivity index (χ3v) is 2.50. The van der Waals surface area contributed by atoms with Crippen molar-refractivity contribution in [1.82, 2.24) is 9.55 Å². The van der Waals surface area contributed by atoms with Crippen LogP contribution in [0.2, 0.25) is 0 Å². The Morgan fingerprint density at radius 1 is 1.40 bits per heavy atom. The first kappa shape index (κ1) is 9.93. The minimum Gasteiger partial charge on any atom is -0.326 e. The molecule has 0 atom stereocenters. The number of nitrogens with two attached hydrogens (primary N) is 1. The Bertz CT molecular complexity index is 446. The molecule has 0 unspecified atom stereocenters. The van der Waals surface area contributed by atoms with Gasteiger partial charge in [0.2, 0.25) is 0 Å². The van der Waals surface area contributed by atoms with Crippen LogP contribution in [0.25, 0.3) is 5.69 Å². The highest BCUT2D eigenvalue weighted by molar-refractivity contribution is 5.37. The van der Waals surface area contributed by atoms with Gasteiger partial charge in [-0.15, -0.1) is 0 Å². The fourth-order valence-electron chi connectivity index (χ4n) is 1.65. The van der Waals surface area contributed by atoms with E-state index in [9.17, 15) is 0 Å². The predicted molar refractivity (Wildman–Crippen MR) is 60.8 cm³/mol. The van der Waals surface area contributed by atoms with Crippen molar-refractivity contribution < 1.29 is 0 Å². The Labute approximate surface area is 89.6 Å². The molecule has 78 valence electrons. The van der Waals surface area contributed by atoms with Crippen LogP contribution in [-0.2, 0) is 13.0 Å². The fraction of sp³-hybridized carbons (Fsp3) is 0.250. The van der Waals surface area contributed by atoms with Crippen LogP contribution < -0.4 is 5.73 Å². The highest BCUT2D eigenvalue weighted by atomic mass is 15.0. The average molecular weight is 201 g/mol. The molecular formula is C12H15N3. The summed E-state index contributed by atoms with van der Waals surface area (Å²) in [6.07, 6.45) is 4.72. The number of nitrogens with zero attached hydrogens (tertiary/aromatic N) is 2. The summed E-state index contributed by atoms with van der Waals surface area (Å²) >= 11 is 0. The lowest BCUT2D eigenvalue weighted by atomic mass is 10.2. The Morgan fingerprint density at radius 3 is 3.00 bits per heavy atom. The van der Waals surface area contributed by atoms with Crippen molar-refractivity contribution in [2.24, 2.45) is 5.73 Å². The number of hydrogen-bond donors (Lipinski definition) is 1. The van der Waals surface area contributed by atoms with Crippen molar-refractivity contribution >= 4 is 0 Å². The zero-order valence-corrected chi connectivity index (χ0v) is 8.85. The van der Waals surface area contributed by atoms with Crippen molar-refractivity contribution in [3.63, 3.8) is 0 Å². The normalized spacial score (nSPS) is 10.5. The van der Waals surface area contributed by atoms with Crippen molar-refractivity contribution in [3.05, 3.63) is 48.0 Å². The number of aryl methyl sites for hydroxylation is 1. The summed E-state index contributed by atoms with van der Waals surface area (Å²) in [7, 11) is 0. The van der Waals surface area contributed by atoms with E-state index in [0.29, 0.717) is 6.54 Å². The predicted octanol–water partition coefficient (Wildman–Crippen LogP) is 1.89. The summed E-state index contributed by atoms with van der Waals surface area (Å²) in [5.74, 6) is 0. The molecule has 1 heterocycles.